The van der Waals surface area contributed by atoms with Crippen LogP contribution < -0.4 is 11.3 Å². The molecule has 0 aliphatic heterocycles. The van der Waals surface area contributed by atoms with Crippen molar-refractivity contribution >= 4 is 11.6 Å². The van der Waals surface area contributed by atoms with Gasteiger partial charge >= 0.3 is 0 Å². The number of halogens is 1. The Morgan fingerprint density at radius 2 is 1.88 bits per heavy atom. The quantitative estimate of drug-likeness (QED) is 0.897. The van der Waals surface area contributed by atoms with Crippen LogP contribution in [-0.2, 0) is 6.54 Å². The molecule has 0 radical (unpaired) electrons. The Hall–Kier alpha value is -1.65. The highest BCUT2D eigenvalue weighted by Crippen LogP contribution is 2.18. The summed E-state index contributed by atoms with van der Waals surface area (Å²) in [5, 5.41) is 4.91. The average molecular weight is 250 g/mol. The summed E-state index contributed by atoms with van der Waals surface area (Å²) in [6.07, 6.45) is 0. The molecule has 4 nitrogen and oxygen atoms in total. The molecule has 0 spiro atoms. The van der Waals surface area contributed by atoms with E-state index < -0.39 is 0 Å². The van der Waals surface area contributed by atoms with Crippen molar-refractivity contribution in [3.8, 4) is 11.3 Å². The van der Waals surface area contributed by atoms with Gasteiger partial charge in [0.2, 0.25) is 0 Å². The van der Waals surface area contributed by atoms with Crippen LogP contribution in [0.15, 0.2) is 41.2 Å². The maximum absolute atomic E-state index is 11.5. The molecule has 0 aliphatic carbocycles. The molecule has 0 aliphatic rings. The molecular weight excluding hydrogens is 238 g/mol. The summed E-state index contributed by atoms with van der Waals surface area (Å²) in [4.78, 5) is 11.5. The minimum atomic E-state index is -0.145. The monoisotopic (exact) mass is 249 g/mol. The first-order valence-electron chi connectivity index (χ1n) is 5.25. The summed E-state index contributed by atoms with van der Waals surface area (Å²) in [7, 11) is 0. The minimum absolute atomic E-state index is 0.145. The molecule has 0 saturated heterocycles. The number of hydrogen-bond acceptors (Lipinski definition) is 3. The van der Waals surface area contributed by atoms with Crippen molar-refractivity contribution in [2.45, 2.75) is 6.54 Å². The second-order valence-electron chi connectivity index (χ2n) is 3.58. The molecule has 1 aromatic heterocycles. The molecule has 1 heterocycles. The molecule has 0 saturated carbocycles. The lowest BCUT2D eigenvalue weighted by Gasteiger charge is -2.05. The van der Waals surface area contributed by atoms with Crippen molar-refractivity contribution < 1.29 is 0 Å². The number of aromatic nitrogens is 2. The van der Waals surface area contributed by atoms with Crippen LogP contribution >= 0.6 is 11.6 Å². The zero-order valence-electron chi connectivity index (χ0n) is 9.14. The van der Waals surface area contributed by atoms with Gasteiger partial charge in [-0.2, -0.15) is 5.10 Å². The molecule has 2 rings (SSSR count). The lowest BCUT2D eigenvalue weighted by atomic mass is 10.1. The molecule has 0 unspecified atom stereocenters. The zero-order valence-corrected chi connectivity index (χ0v) is 9.89. The van der Waals surface area contributed by atoms with Gasteiger partial charge in [-0.1, -0.05) is 23.7 Å². The predicted molar refractivity (Wildman–Crippen MR) is 68.0 cm³/mol. The molecule has 2 aromatic rings. The van der Waals surface area contributed by atoms with Crippen LogP contribution in [0.2, 0.25) is 5.02 Å². The Morgan fingerprint density at radius 1 is 1.18 bits per heavy atom. The highest BCUT2D eigenvalue weighted by molar-refractivity contribution is 6.30. The first-order chi connectivity index (χ1) is 8.20. The summed E-state index contributed by atoms with van der Waals surface area (Å²) in [6.45, 7) is 0.803. The lowest BCUT2D eigenvalue weighted by Crippen LogP contribution is -2.25. The fourth-order valence-electron chi connectivity index (χ4n) is 1.51. The van der Waals surface area contributed by atoms with Crippen molar-refractivity contribution in [3.05, 3.63) is 51.8 Å². The number of benzene rings is 1. The summed E-state index contributed by atoms with van der Waals surface area (Å²) >= 11 is 5.81. The molecule has 0 amide bonds. The van der Waals surface area contributed by atoms with E-state index >= 15 is 0 Å². The van der Waals surface area contributed by atoms with E-state index in [-0.39, 0.29) is 5.56 Å². The molecule has 88 valence electrons. The Morgan fingerprint density at radius 3 is 2.53 bits per heavy atom. The highest BCUT2D eigenvalue weighted by Gasteiger charge is 2.02. The Bertz CT molecular complexity index is 563. The van der Waals surface area contributed by atoms with Crippen molar-refractivity contribution in [1.29, 1.82) is 0 Å². The minimum Gasteiger partial charge on any atom is -0.329 e. The Kier molecular flexibility index (Phi) is 3.56. The van der Waals surface area contributed by atoms with Crippen LogP contribution in [0.5, 0.6) is 0 Å². The first kappa shape index (κ1) is 11.8. The fraction of sp³-hybridized carbons (Fsp3) is 0.167. The van der Waals surface area contributed by atoms with Crippen LogP contribution in [0, 0.1) is 0 Å². The number of rotatable bonds is 3. The predicted octanol–water partition coefficient (Wildman–Crippen LogP) is 1.52. The molecule has 0 fully saturated rings. The van der Waals surface area contributed by atoms with Gasteiger partial charge in [-0.3, -0.25) is 4.79 Å². The SMILES string of the molecule is NCCn1nc(-c2ccc(Cl)cc2)ccc1=O. The summed E-state index contributed by atoms with van der Waals surface area (Å²) < 4.78 is 1.37. The number of hydrogen-bond donors (Lipinski definition) is 1. The van der Waals surface area contributed by atoms with Gasteiger partial charge in [-0.25, -0.2) is 4.68 Å². The van der Waals surface area contributed by atoms with E-state index in [2.05, 4.69) is 5.10 Å². The standard InChI is InChI=1S/C12H12ClN3O/c13-10-3-1-9(2-4-10)11-5-6-12(17)16(15-11)8-7-14/h1-6H,7-8,14H2. The van der Waals surface area contributed by atoms with E-state index in [4.69, 9.17) is 17.3 Å². The van der Waals surface area contributed by atoms with Crippen molar-refractivity contribution in [2.24, 2.45) is 5.73 Å². The second kappa shape index (κ2) is 5.12. The smallest absolute Gasteiger partial charge is 0.266 e. The molecule has 0 bridgehead atoms. The number of nitrogens with two attached hydrogens (primary N) is 1. The van der Waals surface area contributed by atoms with E-state index in [1.807, 2.05) is 12.1 Å². The molecule has 1 aromatic carbocycles. The van der Waals surface area contributed by atoms with E-state index in [1.54, 1.807) is 18.2 Å². The zero-order chi connectivity index (χ0) is 12.3. The van der Waals surface area contributed by atoms with Gasteiger partial charge in [-0.15, -0.1) is 0 Å². The van der Waals surface area contributed by atoms with Gasteiger partial charge in [0.25, 0.3) is 5.56 Å². The fourth-order valence-corrected chi connectivity index (χ4v) is 1.63. The number of nitrogens with zero attached hydrogens (tertiary/aromatic N) is 2. The molecule has 17 heavy (non-hydrogen) atoms. The summed E-state index contributed by atoms with van der Waals surface area (Å²) in [5.74, 6) is 0. The van der Waals surface area contributed by atoms with Gasteiger partial charge < -0.3 is 5.73 Å². The summed E-state index contributed by atoms with van der Waals surface area (Å²) in [5.41, 5.74) is 6.92. The Labute approximate surface area is 104 Å². The largest absolute Gasteiger partial charge is 0.329 e. The van der Waals surface area contributed by atoms with Gasteiger partial charge in [0.05, 0.1) is 12.2 Å². The summed E-state index contributed by atoms with van der Waals surface area (Å²) in [6, 6.07) is 10.5. The third kappa shape index (κ3) is 2.72. The van der Waals surface area contributed by atoms with Crippen molar-refractivity contribution in [2.75, 3.05) is 6.54 Å². The molecule has 5 heteroatoms. The molecular formula is C12H12ClN3O. The van der Waals surface area contributed by atoms with Gasteiger partial charge in [0.15, 0.2) is 0 Å². The van der Waals surface area contributed by atoms with Gasteiger partial charge in [-0.05, 0) is 18.2 Å². The van der Waals surface area contributed by atoms with Crippen LogP contribution in [0.3, 0.4) is 0 Å². The van der Waals surface area contributed by atoms with E-state index in [0.717, 1.165) is 11.3 Å². The highest BCUT2D eigenvalue weighted by atomic mass is 35.5. The Balaban J connectivity index is 2.42. The van der Waals surface area contributed by atoms with Crippen molar-refractivity contribution in [1.82, 2.24) is 9.78 Å². The third-order valence-corrected chi connectivity index (χ3v) is 2.60. The van der Waals surface area contributed by atoms with Gasteiger partial charge in [0, 0.05) is 23.2 Å². The second-order valence-corrected chi connectivity index (χ2v) is 4.01. The topological polar surface area (TPSA) is 60.9 Å². The van der Waals surface area contributed by atoms with Crippen LogP contribution in [0.25, 0.3) is 11.3 Å². The average Bonchev–Trinajstić information content (AvgIpc) is 2.33. The third-order valence-electron chi connectivity index (χ3n) is 2.35. The maximum Gasteiger partial charge on any atom is 0.266 e. The first-order valence-corrected chi connectivity index (χ1v) is 5.62. The van der Waals surface area contributed by atoms with Crippen molar-refractivity contribution in [3.63, 3.8) is 0 Å². The maximum atomic E-state index is 11.5. The van der Waals surface area contributed by atoms with Gasteiger partial charge in [0.1, 0.15) is 0 Å². The van der Waals surface area contributed by atoms with Crippen LogP contribution in [-0.4, -0.2) is 16.3 Å². The van der Waals surface area contributed by atoms with E-state index in [9.17, 15) is 4.79 Å². The van der Waals surface area contributed by atoms with Crippen LogP contribution in [0.4, 0.5) is 0 Å². The molecule has 0 atom stereocenters. The molecule has 2 N–H and O–H groups in total. The normalized spacial score (nSPS) is 10.5. The lowest BCUT2D eigenvalue weighted by molar-refractivity contribution is 0.590. The van der Waals surface area contributed by atoms with E-state index in [0.29, 0.717) is 18.1 Å². The van der Waals surface area contributed by atoms with Crippen LogP contribution in [0.1, 0.15) is 0 Å². The van der Waals surface area contributed by atoms with E-state index in [1.165, 1.54) is 10.7 Å².